The zero-order valence-corrected chi connectivity index (χ0v) is 40.9. The van der Waals surface area contributed by atoms with Crippen molar-refractivity contribution >= 4 is 17.9 Å². The Hall–Kier alpha value is -2.89. The molecule has 0 saturated carbocycles. The van der Waals surface area contributed by atoms with Crippen LogP contribution in [0.2, 0.25) is 0 Å². The van der Waals surface area contributed by atoms with Crippen molar-refractivity contribution in [3.8, 4) is 0 Å². The Morgan fingerprint density at radius 2 is 0.613 bits per heavy atom. The number of unbranched alkanes of at least 4 members (excludes halogenated alkanes) is 26. The Labute approximate surface area is 383 Å². The van der Waals surface area contributed by atoms with Crippen molar-refractivity contribution in [1.82, 2.24) is 0 Å². The maximum absolute atomic E-state index is 12.7. The van der Waals surface area contributed by atoms with E-state index in [-0.39, 0.29) is 31.1 Å². The summed E-state index contributed by atoms with van der Waals surface area (Å²) in [6.45, 7) is 6.49. The fourth-order valence-corrected chi connectivity index (χ4v) is 7.25. The molecule has 0 aliphatic heterocycles. The highest BCUT2D eigenvalue weighted by molar-refractivity contribution is 5.71. The van der Waals surface area contributed by atoms with Crippen molar-refractivity contribution in [3.63, 3.8) is 0 Å². The summed E-state index contributed by atoms with van der Waals surface area (Å²) in [4.78, 5) is 37.7. The highest BCUT2D eigenvalue weighted by Gasteiger charge is 2.19. The number of allylic oxidation sites excluding steroid dienone is 10. The van der Waals surface area contributed by atoms with E-state index in [1.54, 1.807) is 0 Å². The Balaban J connectivity index is 4.13. The first-order chi connectivity index (χ1) is 30.5. The van der Waals surface area contributed by atoms with E-state index in [0.29, 0.717) is 19.3 Å². The van der Waals surface area contributed by atoms with Crippen molar-refractivity contribution in [3.05, 3.63) is 60.8 Å². The monoisotopic (exact) mass is 867 g/mol. The molecule has 6 heteroatoms. The molecule has 0 aliphatic carbocycles. The molecule has 0 amide bonds. The maximum atomic E-state index is 12.7. The topological polar surface area (TPSA) is 78.9 Å². The number of ether oxygens (including phenoxy) is 3. The second kappa shape index (κ2) is 50.8. The second-order valence-electron chi connectivity index (χ2n) is 17.4. The molecule has 0 saturated heterocycles. The Morgan fingerprint density at radius 1 is 0.323 bits per heavy atom. The lowest BCUT2D eigenvalue weighted by molar-refractivity contribution is -0.167. The number of hydrogen-bond acceptors (Lipinski definition) is 6. The van der Waals surface area contributed by atoms with Crippen LogP contribution in [0, 0.1) is 0 Å². The van der Waals surface area contributed by atoms with Gasteiger partial charge in [-0.15, -0.1) is 0 Å². The van der Waals surface area contributed by atoms with E-state index in [9.17, 15) is 14.4 Å². The van der Waals surface area contributed by atoms with Gasteiger partial charge in [0, 0.05) is 19.3 Å². The number of hydrogen-bond donors (Lipinski definition) is 0. The molecule has 0 N–H and O–H groups in total. The van der Waals surface area contributed by atoms with Crippen molar-refractivity contribution in [1.29, 1.82) is 0 Å². The molecule has 0 aliphatic rings. The van der Waals surface area contributed by atoms with E-state index < -0.39 is 6.10 Å². The molecule has 1 atom stereocenters. The first kappa shape index (κ1) is 59.1. The van der Waals surface area contributed by atoms with E-state index in [2.05, 4.69) is 81.5 Å². The molecule has 0 fully saturated rings. The molecule has 0 spiro atoms. The van der Waals surface area contributed by atoms with E-state index in [1.165, 1.54) is 116 Å². The summed E-state index contributed by atoms with van der Waals surface area (Å²) >= 11 is 0. The number of rotatable bonds is 47. The van der Waals surface area contributed by atoms with Gasteiger partial charge in [0.1, 0.15) is 13.2 Å². The normalized spacial score (nSPS) is 12.5. The van der Waals surface area contributed by atoms with Crippen LogP contribution in [0.1, 0.15) is 258 Å². The zero-order valence-electron chi connectivity index (χ0n) is 40.9. The van der Waals surface area contributed by atoms with E-state index in [1.807, 2.05) is 0 Å². The minimum Gasteiger partial charge on any atom is -0.462 e. The van der Waals surface area contributed by atoms with Crippen LogP contribution in [-0.2, 0) is 28.6 Å². The molecule has 0 bridgehead atoms. The van der Waals surface area contributed by atoms with Gasteiger partial charge < -0.3 is 14.2 Å². The lowest BCUT2D eigenvalue weighted by Crippen LogP contribution is -2.30. The third-order valence-electron chi connectivity index (χ3n) is 11.2. The van der Waals surface area contributed by atoms with Crippen molar-refractivity contribution < 1.29 is 28.6 Å². The van der Waals surface area contributed by atoms with Crippen LogP contribution in [0.25, 0.3) is 0 Å². The summed E-state index contributed by atoms with van der Waals surface area (Å²) < 4.78 is 16.7. The quantitative estimate of drug-likeness (QED) is 0.0262. The third kappa shape index (κ3) is 48.1. The average Bonchev–Trinajstić information content (AvgIpc) is 3.27. The molecular formula is C56H98O6. The van der Waals surface area contributed by atoms with Crippen molar-refractivity contribution in [2.24, 2.45) is 0 Å². The summed E-state index contributed by atoms with van der Waals surface area (Å²) in [6.07, 6.45) is 62.4. The third-order valence-corrected chi connectivity index (χ3v) is 11.2. The number of carbonyl (C=O) groups excluding carboxylic acids is 3. The van der Waals surface area contributed by atoms with Crippen LogP contribution in [0.5, 0.6) is 0 Å². The summed E-state index contributed by atoms with van der Waals surface area (Å²) in [5.41, 5.74) is 0. The second-order valence-corrected chi connectivity index (χ2v) is 17.4. The van der Waals surface area contributed by atoms with Crippen molar-refractivity contribution in [2.45, 2.75) is 264 Å². The number of carbonyl (C=O) groups is 3. The smallest absolute Gasteiger partial charge is 0.306 e. The first-order valence-electron chi connectivity index (χ1n) is 26.3. The predicted molar refractivity (Wildman–Crippen MR) is 265 cm³/mol. The summed E-state index contributed by atoms with van der Waals surface area (Å²) in [5, 5.41) is 0. The predicted octanol–water partition coefficient (Wildman–Crippen LogP) is 17.3. The minimum atomic E-state index is -0.778. The lowest BCUT2D eigenvalue weighted by Gasteiger charge is -2.18. The van der Waals surface area contributed by atoms with Gasteiger partial charge in [0.05, 0.1) is 0 Å². The highest BCUT2D eigenvalue weighted by atomic mass is 16.6. The van der Waals surface area contributed by atoms with Crippen LogP contribution < -0.4 is 0 Å². The van der Waals surface area contributed by atoms with Gasteiger partial charge in [-0.25, -0.2) is 0 Å². The average molecular weight is 867 g/mol. The van der Waals surface area contributed by atoms with E-state index in [0.717, 1.165) is 103 Å². The number of esters is 3. The molecule has 0 aromatic carbocycles. The molecule has 0 heterocycles. The molecule has 1 unspecified atom stereocenters. The lowest BCUT2D eigenvalue weighted by atomic mass is 10.1. The fraction of sp³-hybridized carbons (Fsp3) is 0.768. The van der Waals surface area contributed by atoms with Gasteiger partial charge in [-0.2, -0.15) is 0 Å². The molecule has 0 aromatic rings. The zero-order chi connectivity index (χ0) is 45.1. The molecule has 0 radical (unpaired) electrons. The summed E-state index contributed by atoms with van der Waals surface area (Å²) in [7, 11) is 0. The highest BCUT2D eigenvalue weighted by Crippen LogP contribution is 2.14. The molecule has 62 heavy (non-hydrogen) atoms. The molecule has 6 nitrogen and oxygen atoms in total. The molecule has 0 aromatic heterocycles. The van der Waals surface area contributed by atoms with Gasteiger partial charge in [-0.05, 0) is 83.5 Å². The van der Waals surface area contributed by atoms with Gasteiger partial charge in [-0.1, -0.05) is 216 Å². The fourth-order valence-electron chi connectivity index (χ4n) is 7.25. The SMILES string of the molecule is CCC/C=C\C/C=C\CCCCCCCC(=O)OC(COC(=O)CCCCCCCC)COC(=O)CCCCCCCCCCCC/C=C\C/C=C\C/C=C\CCCCCCC. The van der Waals surface area contributed by atoms with E-state index >= 15 is 0 Å². The Kier molecular flexibility index (Phi) is 48.4. The largest absolute Gasteiger partial charge is 0.462 e. The Bertz CT molecular complexity index is 1130. The van der Waals surface area contributed by atoms with Crippen LogP contribution >= 0.6 is 0 Å². The maximum Gasteiger partial charge on any atom is 0.306 e. The van der Waals surface area contributed by atoms with Gasteiger partial charge >= 0.3 is 17.9 Å². The summed E-state index contributed by atoms with van der Waals surface area (Å²) in [5.74, 6) is -0.907. The Morgan fingerprint density at radius 3 is 0.968 bits per heavy atom. The van der Waals surface area contributed by atoms with Gasteiger partial charge in [-0.3, -0.25) is 14.4 Å². The minimum absolute atomic E-state index is 0.0811. The van der Waals surface area contributed by atoms with Gasteiger partial charge in [0.2, 0.25) is 0 Å². The molecule has 358 valence electrons. The van der Waals surface area contributed by atoms with Crippen LogP contribution in [0.15, 0.2) is 60.8 Å². The molecular weight excluding hydrogens is 769 g/mol. The van der Waals surface area contributed by atoms with Crippen LogP contribution in [0.3, 0.4) is 0 Å². The van der Waals surface area contributed by atoms with Crippen LogP contribution in [-0.4, -0.2) is 37.2 Å². The van der Waals surface area contributed by atoms with Gasteiger partial charge in [0.15, 0.2) is 6.10 Å². The van der Waals surface area contributed by atoms with E-state index in [4.69, 9.17) is 14.2 Å². The van der Waals surface area contributed by atoms with Crippen LogP contribution in [0.4, 0.5) is 0 Å². The molecule has 0 rings (SSSR count). The standard InChI is InChI=1S/C56H98O6/c1-4-7-10-13-16-18-20-22-23-24-25-26-27-28-29-30-31-32-33-35-36-38-40-43-46-49-55(58)61-52-53(51-60-54(57)48-45-42-15-12-9-6-3)62-56(59)50-47-44-41-39-37-34-21-19-17-14-11-8-5-2/h11,14,19-22,24-25,27-28,53H,4-10,12-13,15-18,23,26,29-52H2,1-3H3/b14-11-,21-19-,22-20-,25-24-,28-27-. The van der Waals surface area contributed by atoms with Gasteiger partial charge in [0.25, 0.3) is 0 Å². The van der Waals surface area contributed by atoms with Crippen molar-refractivity contribution in [2.75, 3.05) is 13.2 Å². The first-order valence-corrected chi connectivity index (χ1v) is 26.3. The summed E-state index contributed by atoms with van der Waals surface area (Å²) in [6, 6.07) is 0.